The second-order valence-corrected chi connectivity index (χ2v) is 8.35. The van der Waals surface area contributed by atoms with E-state index in [4.69, 9.17) is 27.9 Å². The summed E-state index contributed by atoms with van der Waals surface area (Å²) in [4.78, 5) is 22.0. The fraction of sp³-hybridized carbons (Fsp3) is 0.0769. The fourth-order valence-electron chi connectivity index (χ4n) is 3.79. The molecule has 4 aromatic rings. The minimum atomic E-state index is -0.444. The first-order chi connectivity index (χ1) is 16.9. The van der Waals surface area contributed by atoms with Crippen molar-refractivity contribution in [1.82, 2.24) is 0 Å². The van der Waals surface area contributed by atoms with Gasteiger partial charge in [-0.3, -0.25) is 20.2 Å². The van der Waals surface area contributed by atoms with Gasteiger partial charge in [-0.05, 0) is 23.3 Å². The lowest BCUT2D eigenvalue weighted by molar-refractivity contribution is -0.384. The van der Waals surface area contributed by atoms with E-state index in [-0.39, 0.29) is 24.6 Å². The number of nitrogens with zero attached hydrogens (tertiary/aromatic N) is 2. The number of hydrogen-bond donors (Lipinski definition) is 0. The lowest BCUT2D eigenvalue weighted by atomic mass is 10.0. The molecule has 0 saturated heterocycles. The molecule has 0 aliphatic carbocycles. The number of para-hydroxylation sites is 2. The molecule has 0 heterocycles. The summed E-state index contributed by atoms with van der Waals surface area (Å²) in [6.45, 7) is 0.276. The van der Waals surface area contributed by atoms with Crippen LogP contribution in [0.15, 0.2) is 84.9 Å². The van der Waals surface area contributed by atoms with Crippen molar-refractivity contribution in [1.29, 1.82) is 0 Å². The first kappa shape index (κ1) is 24.3. The van der Waals surface area contributed by atoms with Crippen LogP contribution >= 0.6 is 23.2 Å². The Morgan fingerprint density at radius 2 is 0.943 bits per heavy atom. The summed E-state index contributed by atoms with van der Waals surface area (Å²) in [7, 11) is 0. The zero-order chi connectivity index (χ0) is 24.9. The smallest absolute Gasteiger partial charge is 0.277 e. The number of halogens is 2. The third-order valence-corrected chi connectivity index (χ3v) is 6.35. The summed E-state index contributed by atoms with van der Waals surface area (Å²) in [6.07, 6.45) is 0. The maximum absolute atomic E-state index is 11.4. The fourth-order valence-corrected chi connectivity index (χ4v) is 4.36. The molecule has 4 rings (SSSR count). The van der Waals surface area contributed by atoms with Crippen molar-refractivity contribution in [2.24, 2.45) is 0 Å². The first-order valence-corrected chi connectivity index (χ1v) is 11.2. The van der Waals surface area contributed by atoms with Crippen molar-refractivity contribution < 1.29 is 14.6 Å². The van der Waals surface area contributed by atoms with Crippen LogP contribution in [-0.4, -0.2) is 9.85 Å². The molecule has 0 atom stereocenters. The van der Waals surface area contributed by atoms with E-state index < -0.39 is 9.85 Å². The number of hydrogen-bond acceptors (Lipinski definition) is 5. The largest absolute Gasteiger partial charge is 0.372 e. The van der Waals surface area contributed by atoms with Crippen molar-refractivity contribution in [2.45, 2.75) is 13.2 Å². The van der Waals surface area contributed by atoms with Crippen LogP contribution in [0.4, 0.5) is 11.4 Å². The van der Waals surface area contributed by atoms with Gasteiger partial charge in [0.05, 0.1) is 44.2 Å². The standard InChI is InChI=1S/C26H18Cl2N2O5/c27-25-17(7-5-11-21(25)19-9-1-3-13-23(19)29(31)32)15-35-16-18-8-6-12-22(26(18)28)20-10-2-4-14-24(20)30(33)34/h1-14H,15-16H2. The highest BCUT2D eigenvalue weighted by Gasteiger charge is 2.19. The van der Waals surface area contributed by atoms with Crippen LogP contribution in [0.3, 0.4) is 0 Å². The highest BCUT2D eigenvalue weighted by Crippen LogP contribution is 2.38. The monoisotopic (exact) mass is 508 g/mol. The van der Waals surface area contributed by atoms with Crippen molar-refractivity contribution in [3.63, 3.8) is 0 Å². The van der Waals surface area contributed by atoms with E-state index in [0.29, 0.717) is 43.4 Å². The topological polar surface area (TPSA) is 95.5 Å². The van der Waals surface area contributed by atoms with Gasteiger partial charge in [-0.25, -0.2) is 0 Å². The maximum atomic E-state index is 11.4. The number of rotatable bonds is 8. The second-order valence-electron chi connectivity index (χ2n) is 7.60. The molecule has 0 saturated carbocycles. The van der Waals surface area contributed by atoms with Crippen LogP contribution in [0.2, 0.25) is 10.0 Å². The number of nitro benzene ring substituents is 2. The predicted octanol–water partition coefficient (Wildman–Crippen LogP) is 7.86. The molecule has 0 fully saturated rings. The Balaban J connectivity index is 1.56. The third-order valence-electron chi connectivity index (χ3n) is 5.45. The number of ether oxygens (including phenoxy) is 1. The molecule has 0 unspecified atom stereocenters. The molecular weight excluding hydrogens is 491 g/mol. The Hall–Kier alpha value is -3.78. The molecule has 7 nitrogen and oxygen atoms in total. The minimum Gasteiger partial charge on any atom is -0.372 e. The Labute approximate surface area is 210 Å². The normalized spacial score (nSPS) is 10.8. The van der Waals surface area contributed by atoms with Gasteiger partial charge in [0.2, 0.25) is 0 Å². The predicted molar refractivity (Wildman–Crippen MR) is 136 cm³/mol. The number of nitro groups is 2. The lowest BCUT2D eigenvalue weighted by Gasteiger charge is -2.13. The highest BCUT2D eigenvalue weighted by molar-refractivity contribution is 6.34. The molecule has 9 heteroatoms. The van der Waals surface area contributed by atoms with Crippen LogP contribution in [0.1, 0.15) is 11.1 Å². The molecule has 0 spiro atoms. The van der Waals surface area contributed by atoms with Crippen LogP contribution in [0, 0.1) is 20.2 Å². The molecule has 35 heavy (non-hydrogen) atoms. The summed E-state index contributed by atoms with van der Waals surface area (Å²) >= 11 is 13.2. The van der Waals surface area contributed by atoms with Gasteiger partial charge < -0.3 is 4.74 Å². The molecule has 0 bridgehead atoms. The van der Waals surface area contributed by atoms with Crippen molar-refractivity contribution in [3.05, 3.63) is 126 Å². The summed E-state index contributed by atoms with van der Waals surface area (Å²) in [5.41, 5.74) is 3.17. The van der Waals surface area contributed by atoms with Gasteiger partial charge in [-0.2, -0.15) is 0 Å². The van der Waals surface area contributed by atoms with Crippen LogP contribution in [0.5, 0.6) is 0 Å². The summed E-state index contributed by atoms with van der Waals surface area (Å²) < 4.78 is 5.87. The Kier molecular flexibility index (Phi) is 7.41. The molecule has 0 aliphatic heterocycles. The van der Waals surface area contributed by atoms with Gasteiger partial charge in [0.1, 0.15) is 0 Å². The van der Waals surface area contributed by atoms with Gasteiger partial charge in [-0.1, -0.05) is 83.9 Å². The van der Waals surface area contributed by atoms with Gasteiger partial charge in [0, 0.05) is 23.3 Å². The molecule has 0 amide bonds. The van der Waals surface area contributed by atoms with E-state index in [1.165, 1.54) is 12.1 Å². The highest BCUT2D eigenvalue weighted by atomic mass is 35.5. The molecule has 0 N–H and O–H groups in total. The molecule has 0 aromatic heterocycles. The minimum absolute atomic E-state index is 0.0360. The average molecular weight is 509 g/mol. The molecule has 176 valence electrons. The van der Waals surface area contributed by atoms with Crippen molar-refractivity contribution >= 4 is 34.6 Å². The van der Waals surface area contributed by atoms with Gasteiger partial charge in [-0.15, -0.1) is 0 Å². The van der Waals surface area contributed by atoms with Crippen LogP contribution in [-0.2, 0) is 18.0 Å². The van der Waals surface area contributed by atoms with Crippen molar-refractivity contribution in [3.8, 4) is 22.3 Å². The second kappa shape index (κ2) is 10.7. The SMILES string of the molecule is O=[N+]([O-])c1ccccc1-c1cccc(COCc2cccc(-c3ccccc3[N+](=O)[O-])c2Cl)c1Cl. The van der Waals surface area contributed by atoms with Crippen LogP contribution < -0.4 is 0 Å². The zero-order valence-electron chi connectivity index (χ0n) is 18.2. The van der Waals surface area contributed by atoms with Gasteiger partial charge in [0.15, 0.2) is 0 Å². The Morgan fingerprint density at radius 1 is 0.571 bits per heavy atom. The Bertz CT molecular complexity index is 1320. The van der Waals surface area contributed by atoms with E-state index in [1.807, 2.05) is 0 Å². The van der Waals surface area contributed by atoms with Crippen molar-refractivity contribution in [2.75, 3.05) is 0 Å². The van der Waals surface area contributed by atoms with Gasteiger partial charge >= 0.3 is 0 Å². The van der Waals surface area contributed by atoms with E-state index in [2.05, 4.69) is 0 Å². The van der Waals surface area contributed by atoms with Crippen LogP contribution in [0.25, 0.3) is 22.3 Å². The van der Waals surface area contributed by atoms with E-state index in [1.54, 1.807) is 72.8 Å². The molecule has 4 aromatic carbocycles. The zero-order valence-corrected chi connectivity index (χ0v) is 19.7. The van der Waals surface area contributed by atoms with E-state index >= 15 is 0 Å². The quantitative estimate of drug-likeness (QED) is 0.178. The summed E-state index contributed by atoms with van der Waals surface area (Å²) in [5.74, 6) is 0. The van der Waals surface area contributed by atoms with E-state index in [0.717, 1.165) is 0 Å². The molecule has 0 radical (unpaired) electrons. The molecular formula is C26H18Cl2N2O5. The third kappa shape index (κ3) is 5.17. The Morgan fingerprint density at radius 3 is 1.34 bits per heavy atom. The first-order valence-electron chi connectivity index (χ1n) is 10.5. The summed E-state index contributed by atoms with van der Waals surface area (Å²) in [5, 5.41) is 23.6. The van der Waals surface area contributed by atoms with Gasteiger partial charge in [0.25, 0.3) is 11.4 Å². The maximum Gasteiger partial charge on any atom is 0.277 e. The summed E-state index contributed by atoms with van der Waals surface area (Å²) in [6, 6.07) is 23.3. The number of benzene rings is 4. The molecule has 0 aliphatic rings. The average Bonchev–Trinajstić information content (AvgIpc) is 2.86. The van der Waals surface area contributed by atoms with E-state index in [9.17, 15) is 20.2 Å². The lowest BCUT2D eigenvalue weighted by Crippen LogP contribution is -1.99.